The maximum absolute atomic E-state index is 5.77. The molecule has 6 nitrogen and oxygen atoms in total. The van der Waals surface area contributed by atoms with Gasteiger partial charge in [0.25, 0.3) is 0 Å². The summed E-state index contributed by atoms with van der Waals surface area (Å²) >= 11 is 0. The van der Waals surface area contributed by atoms with Gasteiger partial charge in [0.15, 0.2) is 11.5 Å². The van der Waals surface area contributed by atoms with E-state index in [2.05, 4.69) is 32.3 Å². The summed E-state index contributed by atoms with van der Waals surface area (Å²) in [6.45, 7) is 1.83. The Morgan fingerprint density at radius 2 is 1.85 bits per heavy atom. The van der Waals surface area contributed by atoms with Crippen LogP contribution in [-0.4, -0.2) is 25.9 Å². The predicted molar refractivity (Wildman–Crippen MR) is 101 cm³/mol. The molecule has 0 radical (unpaired) electrons. The average molecular weight is 358 g/mol. The van der Waals surface area contributed by atoms with Crippen molar-refractivity contribution >= 4 is 0 Å². The molecule has 0 N–H and O–H groups in total. The Morgan fingerprint density at radius 1 is 0.926 bits per heavy atom. The minimum atomic E-state index is 0.246. The zero-order valence-corrected chi connectivity index (χ0v) is 14.7. The Bertz CT molecular complexity index is 1060. The molecule has 0 saturated carbocycles. The topological polar surface area (TPSA) is 54.1 Å². The van der Waals surface area contributed by atoms with Gasteiger partial charge in [-0.1, -0.05) is 36.4 Å². The molecule has 0 saturated heterocycles. The Labute approximate surface area is 156 Å². The van der Waals surface area contributed by atoms with Crippen LogP contribution in [0.1, 0.15) is 0 Å². The summed E-state index contributed by atoms with van der Waals surface area (Å²) < 4.78 is 15.6. The summed E-state index contributed by atoms with van der Waals surface area (Å²) in [5.74, 6) is 1.55. The van der Waals surface area contributed by atoms with E-state index in [1.165, 1.54) is 0 Å². The third-order valence-electron chi connectivity index (χ3n) is 4.69. The Hall–Kier alpha value is -3.54. The van der Waals surface area contributed by atoms with Crippen LogP contribution in [0.5, 0.6) is 11.5 Å². The number of ether oxygens (including phenoxy) is 2. The van der Waals surface area contributed by atoms with E-state index >= 15 is 0 Å². The molecule has 27 heavy (non-hydrogen) atoms. The van der Waals surface area contributed by atoms with E-state index in [1.54, 1.807) is 6.20 Å². The number of imidazole rings is 2. The minimum absolute atomic E-state index is 0.246. The van der Waals surface area contributed by atoms with Crippen molar-refractivity contribution in [2.24, 2.45) is 0 Å². The van der Waals surface area contributed by atoms with Crippen molar-refractivity contribution in [3.63, 3.8) is 0 Å². The number of fused-ring (bicyclic) bond motifs is 1. The van der Waals surface area contributed by atoms with Crippen molar-refractivity contribution in [2.75, 3.05) is 6.79 Å². The Kier molecular flexibility index (Phi) is 3.86. The van der Waals surface area contributed by atoms with E-state index in [1.807, 2.05) is 49.2 Å². The summed E-state index contributed by atoms with van der Waals surface area (Å²) in [4.78, 5) is 8.85. The molecule has 4 aromatic rings. The summed E-state index contributed by atoms with van der Waals surface area (Å²) in [7, 11) is 0. The van der Waals surface area contributed by atoms with Crippen LogP contribution in [0.4, 0.5) is 0 Å². The molecule has 0 amide bonds. The van der Waals surface area contributed by atoms with Crippen molar-refractivity contribution in [3.05, 3.63) is 73.6 Å². The second kappa shape index (κ2) is 6.64. The quantitative estimate of drug-likeness (QED) is 0.544. The number of rotatable bonds is 5. The molecule has 0 unspecified atom stereocenters. The fourth-order valence-electron chi connectivity index (χ4n) is 3.40. The van der Waals surface area contributed by atoms with Crippen molar-refractivity contribution in [2.45, 2.75) is 13.1 Å². The second-order valence-electron chi connectivity index (χ2n) is 6.34. The highest BCUT2D eigenvalue weighted by atomic mass is 16.7. The zero-order chi connectivity index (χ0) is 18.1. The van der Waals surface area contributed by atoms with E-state index in [0.29, 0.717) is 0 Å². The van der Waals surface area contributed by atoms with Gasteiger partial charge in [0.2, 0.25) is 6.79 Å². The lowest BCUT2D eigenvalue weighted by atomic mass is 10.0. The maximum Gasteiger partial charge on any atom is 0.231 e. The van der Waals surface area contributed by atoms with Gasteiger partial charge >= 0.3 is 0 Å². The smallest absolute Gasteiger partial charge is 0.231 e. The number of para-hydroxylation sites is 1. The van der Waals surface area contributed by atoms with Gasteiger partial charge in [0.1, 0.15) is 0 Å². The third-order valence-corrected chi connectivity index (χ3v) is 4.69. The maximum atomic E-state index is 5.77. The first-order chi connectivity index (χ1) is 13.4. The molecule has 134 valence electrons. The standard InChI is InChI=1S/C21H18N4O2/c1-2-5-16(6-3-1)19-20(17-7-4-8-18-21(17)27-15-26-18)25(14-23-19)12-11-24-10-9-22-13-24/h1-10,13-14H,11-12,15H2. The van der Waals surface area contributed by atoms with E-state index in [0.717, 1.165) is 47.1 Å². The van der Waals surface area contributed by atoms with E-state index in [9.17, 15) is 0 Å². The van der Waals surface area contributed by atoms with Gasteiger partial charge in [-0.25, -0.2) is 9.97 Å². The molecule has 6 heteroatoms. The van der Waals surface area contributed by atoms with Crippen LogP contribution in [0, 0.1) is 0 Å². The number of hydrogen-bond donors (Lipinski definition) is 0. The summed E-state index contributed by atoms with van der Waals surface area (Å²) in [6.07, 6.45) is 7.47. The van der Waals surface area contributed by atoms with Crippen LogP contribution < -0.4 is 9.47 Å². The summed E-state index contributed by atoms with van der Waals surface area (Å²) in [5.41, 5.74) is 4.03. The normalized spacial score (nSPS) is 12.4. The van der Waals surface area contributed by atoms with Gasteiger partial charge in [0, 0.05) is 36.6 Å². The first-order valence-corrected chi connectivity index (χ1v) is 8.85. The molecule has 0 aliphatic carbocycles. The predicted octanol–water partition coefficient (Wildman–Crippen LogP) is 3.84. The highest BCUT2D eigenvalue weighted by Gasteiger charge is 2.24. The lowest BCUT2D eigenvalue weighted by molar-refractivity contribution is 0.174. The van der Waals surface area contributed by atoms with Crippen LogP contribution in [0.25, 0.3) is 22.5 Å². The lowest BCUT2D eigenvalue weighted by Crippen LogP contribution is -2.07. The molecular formula is C21H18N4O2. The average Bonchev–Trinajstić information content (AvgIpc) is 3.46. The molecule has 1 aliphatic heterocycles. The number of aromatic nitrogens is 4. The summed E-state index contributed by atoms with van der Waals surface area (Å²) in [6, 6.07) is 16.2. The Morgan fingerprint density at radius 3 is 2.70 bits per heavy atom. The first kappa shape index (κ1) is 15.7. The zero-order valence-electron chi connectivity index (χ0n) is 14.7. The van der Waals surface area contributed by atoms with Gasteiger partial charge in [0.05, 0.1) is 24.0 Å². The molecular weight excluding hydrogens is 340 g/mol. The minimum Gasteiger partial charge on any atom is -0.454 e. The van der Waals surface area contributed by atoms with Crippen LogP contribution >= 0.6 is 0 Å². The van der Waals surface area contributed by atoms with Crippen LogP contribution in [0.15, 0.2) is 73.6 Å². The van der Waals surface area contributed by atoms with Gasteiger partial charge in [-0.3, -0.25) is 0 Å². The van der Waals surface area contributed by atoms with E-state index in [-0.39, 0.29) is 6.79 Å². The lowest BCUT2D eigenvalue weighted by Gasteiger charge is -2.13. The largest absolute Gasteiger partial charge is 0.454 e. The van der Waals surface area contributed by atoms with Gasteiger partial charge in [-0.2, -0.15) is 0 Å². The number of benzene rings is 2. The molecule has 1 aliphatic rings. The van der Waals surface area contributed by atoms with Crippen LogP contribution in [-0.2, 0) is 13.1 Å². The highest BCUT2D eigenvalue weighted by Crippen LogP contribution is 2.44. The van der Waals surface area contributed by atoms with E-state index < -0.39 is 0 Å². The third kappa shape index (κ3) is 2.85. The number of nitrogens with zero attached hydrogens (tertiary/aromatic N) is 4. The van der Waals surface area contributed by atoms with Crippen molar-refractivity contribution in [1.82, 2.24) is 19.1 Å². The molecule has 0 spiro atoms. The monoisotopic (exact) mass is 358 g/mol. The molecule has 3 heterocycles. The van der Waals surface area contributed by atoms with Crippen molar-refractivity contribution in [1.29, 1.82) is 0 Å². The fraction of sp³-hybridized carbons (Fsp3) is 0.143. The van der Waals surface area contributed by atoms with E-state index in [4.69, 9.17) is 14.5 Å². The van der Waals surface area contributed by atoms with Crippen molar-refractivity contribution in [3.8, 4) is 34.0 Å². The fourth-order valence-corrected chi connectivity index (χ4v) is 3.40. The molecule has 2 aromatic heterocycles. The highest BCUT2D eigenvalue weighted by molar-refractivity contribution is 5.83. The van der Waals surface area contributed by atoms with Gasteiger partial charge in [-0.05, 0) is 12.1 Å². The first-order valence-electron chi connectivity index (χ1n) is 8.85. The molecule has 0 atom stereocenters. The molecule has 2 aromatic carbocycles. The SMILES string of the molecule is c1ccc(-c2ncn(CCn3ccnc3)c2-c2cccc3c2OCO3)cc1. The van der Waals surface area contributed by atoms with Crippen LogP contribution in [0.3, 0.4) is 0 Å². The number of aryl methyl sites for hydroxylation is 2. The number of hydrogen-bond acceptors (Lipinski definition) is 4. The molecule has 0 fully saturated rings. The molecule has 0 bridgehead atoms. The van der Waals surface area contributed by atoms with Crippen LogP contribution in [0.2, 0.25) is 0 Å². The van der Waals surface area contributed by atoms with Gasteiger partial charge < -0.3 is 18.6 Å². The van der Waals surface area contributed by atoms with Gasteiger partial charge in [-0.15, -0.1) is 0 Å². The molecule has 5 rings (SSSR count). The Balaban J connectivity index is 1.62. The second-order valence-corrected chi connectivity index (χ2v) is 6.34. The summed E-state index contributed by atoms with van der Waals surface area (Å²) in [5, 5.41) is 0. The van der Waals surface area contributed by atoms with Crippen molar-refractivity contribution < 1.29 is 9.47 Å².